The summed E-state index contributed by atoms with van der Waals surface area (Å²) in [6.45, 7) is 5.48. The third-order valence-corrected chi connectivity index (χ3v) is 5.87. The molecule has 0 saturated carbocycles. The average Bonchev–Trinajstić information content (AvgIpc) is 2.80. The molecule has 31 heavy (non-hydrogen) atoms. The Morgan fingerprint density at radius 1 is 1.23 bits per heavy atom. The molecule has 8 nitrogen and oxygen atoms in total. The third kappa shape index (κ3) is 4.29. The van der Waals surface area contributed by atoms with Crippen molar-refractivity contribution in [2.45, 2.75) is 26.8 Å². The van der Waals surface area contributed by atoms with Gasteiger partial charge in [0.2, 0.25) is 0 Å². The molecule has 1 aliphatic heterocycles. The number of benzene rings is 1. The first-order valence-electron chi connectivity index (χ1n) is 11.9. The maximum Gasteiger partial charge on any atom is 0.270 e. The first kappa shape index (κ1) is 17.4. The second-order valence-electron chi connectivity index (χ2n) is 7.73. The monoisotopic (exact) mass is 423 g/mol. The van der Waals surface area contributed by atoms with Crippen LogP contribution in [0.5, 0.6) is 0 Å². The average molecular weight is 424 g/mol. The molecule has 0 bridgehead atoms. The maximum atomic E-state index is 12.2. The Kier molecular flexibility index (Phi) is 4.97. The number of aromatic nitrogens is 3. The molecule has 3 heterocycles. The molecule has 3 aromatic rings. The van der Waals surface area contributed by atoms with Gasteiger partial charge in [-0.25, -0.2) is 9.97 Å². The Bertz CT molecular complexity index is 1250. The minimum absolute atomic E-state index is 0.0730. The van der Waals surface area contributed by atoms with Crippen molar-refractivity contribution in [3.05, 3.63) is 63.3 Å². The number of aromatic amines is 1. The summed E-state index contributed by atoms with van der Waals surface area (Å²) in [5.41, 5.74) is 5.20. The van der Waals surface area contributed by atoms with Gasteiger partial charge in [0.15, 0.2) is 0 Å². The molecule has 1 amide bonds. The number of carbonyl (C=O) groups is 1. The summed E-state index contributed by atoms with van der Waals surface area (Å²) in [6, 6.07) is 7.39. The fraction of sp³-hybridized carbons (Fsp3) is 0.391. The van der Waals surface area contributed by atoms with Gasteiger partial charge in [-0.05, 0) is 42.7 Å². The van der Waals surface area contributed by atoms with Gasteiger partial charge in [-0.15, -0.1) is 0 Å². The minimum Gasteiger partial charge on any atom is -0.368 e. The number of nitrogens with zero attached hydrogens (tertiary/aromatic N) is 4. The van der Waals surface area contributed by atoms with E-state index < -0.39 is 12.9 Å². The van der Waals surface area contributed by atoms with Crippen LogP contribution in [-0.2, 0) is 13.0 Å². The van der Waals surface area contributed by atoms with E-state index in [4.69, 9.17) is 4.11 Å². The van der Waals surface area contributed by atoms with E-state index >= 15 is 0 Å². The highest BCUT2D eigenvalue weighted by molar-refractivity contribution is 5.92. The zero-order valence-corrected chi connectivity index (χ0v) is 17.7. The first-order chi connectivity index (χ1) is 16.1. The normalized spacial score (nSPS) is 16.6. The van der Waals surface area contributed by atoms with Crippen molar-refractivity contribution in [1.82, 2.24) is 25.2 Å². The molecule has 8 heteroatoms. The van der Waals surface area contributed by atoms with Gasteiger partial charge in [-0.3, -0.25) is 14.5 Å². The van der Waals surface area contributed by atoms with E-state index in [-0.39, 0.29) is 11.3 Å². The van der Waals surface area contributed by atoms with Crippen molar-refractivity contribution >= 4 is 22.6 Å². The largest absolute Gasteiger partial charge is 0.368 e. The summed E-state index contributed by atoms with van der Waals surface area (Å²) in [7, 11) is 0. The lowest BCUT2D eigenvalue weighted by Gasteiger charge is -2.36. The Labute approximate surface area is 185 Å². The van der Waals surface area contributed by atoms with Crippen LogP contribution >= 0.6 is 0 Å². The van der Waals surface area contributed by atoms with Crippen LogP contribution < -0.4 is 15.8 Å². The van der Waals surface area contributed by atoms with E-state index in [1.165, 1.54) is 0 Å². The molecule has 162 valence electrons. The number of piperazine rings is 1. The Hall–Kier alpha value is -3.26. The molecular weight excluding hydrogens is 392 g/mol. The van der Waals surface area contributed by atoms with Crippen molar-refractivity contribution in [3.63, 3.8) is 0 Å². The van der Waals surface area contributed by atoms with Crippen LogP contribution in [-0.4, -0.2) is 58.9 Å². The summed E-state index contributed by atoms with van der Waals surface area (Å²) in [4.78, 5) is 40.3. The SMILES string of the molecule is [2H]C([2H])([2H])NC(=O)c1ccc(N2CCN(Cc3ccc4nc(CC)c(=O)[nH]c4c3C)CC2)cn1. The molecule has 0 unspecified atom stereocenters. The molecule has 1 aliphatic rings. The Balaban J connectivity index is 1.39. The Morgan fingerprint density at radius 3 is 2.71 bits per heavy atom. The number of rotatable bonds is 5. The second kappa shape index (κ2) is 8.85. The number of pyridine rings is 1. The lowest BCUT2D eigenvalue weighted by molar-refractivity contribution is 0.0958. The van der Waals surface area contributed by atoms with Crippen LogP contribution in [0.25, 0.3) is 11.0 Å². The fourth-order valence-electron chi connectivity index (χ4n) is 3.96. The molecule has 4 rings (SSSR count). The van der Waals surface area contributed by atoms with Crippen molar-refractivity contribution < 1.29 is 8.91 Å². The number of aryl methyl sites for hydroxylation is 2. The van der Waals surface area contributed by atoms with Gasteiger partial charge in [0.05, 0.1) is 22.9 Å². The van der Waals surface area contributed by atoms with E-state index in [1.807, 2.05) is 25.2 Å². The van der Waals surface area contributed by atoms with Crippen LogP contribution in [0.15, 0.2) is 35.3 Å². The lowest BCUT2D eigenvalue weighted by atomic mass is 10.1. The molecular formula is C23H28N6O2. The van der Waals surface area contributed by atoms with Crippen molar-refractivity contribution in [2.75, 3.05) is 38.1 Å². The summed E-state index contributed by atoms with van der Waals surface area (Å²) in [5, 5.41) is 1.94. The minimum atomic E-state index is -2.54. The predicted octanol–water partition coefficient (Wildman–Crippen LogP) is 1.87. The molecule has 0 radical (unpaired) electrons. The van der Waals surface area contributed by atoms with E-state index in [1.54, 1.807) is 18.3 Å². The smallest absolute Gasteiger partial charge is 0.270 e. The van der Waals surface area contributed by atoms with Gasteiger partial charge in [-0.2, -0.15) is 0 Å². The van der Waals surface area contributed by atoms with E-state index in [0.717, 1.165) is 60.6 Å². The predicted molar refractivity (Wildman–Crippen MR) is 122 cm³/mol. The Morgan fingerprint density at radius 2 is 2.03 bits per heavy atom. The van der Waals surface area contributed by atoms with E-state index in [2.05, 4.69) is 30.8 Å². The van der Waals surface area contributed by atoms with Gasteiger partial charge in [0, 0.05) is 43.8 Å². The number of anilines is 1. The molecule has 2 aromatic heterocycles. The zero-order valence-electron chi connectivity index (χ0n) is 20.7. The molecule has 0 spiro atoms. The number of H-pyrrole nitrogens is 1. The summed E-state index contributed by atoms with van der Waals surface area (Å²) >= 11 is 0. The van der Waals surface area contributed by atoms with Crippen LogP contribution in [0.3, 0.4) is 0 Å². The molecule has 2 N–H and O–H groups in total. The summed E-state index contributed by atoms with van der Waals surface area (Å²) in [6.07, 6.45) is 2.20. The molecule has 0 atom stereocenters. The van der Waals surface area contributed by atoms with E-state index in [9.17, 15) is 9.59 Å². The maximum absolute atomic E-state index is 12.2. The highest BCUT2D eigenvalue weighted by Crippen LogP contribution is 2.21. The summed E-state index contributed by atoms with van der Waals surface area (Å²) in [5.74, 6) is -0.718. The van der Waals surface area contributed by atoms with Crippen LogP contribution in [0.1, 0.15) is 38.3 Å². The number of hydrogen-bond acceptors (Lipinski definition) is 6. The van der Waals surface area contributed by atoms with Gasteiger partial charge in [-0.1, -0.05) is 13.0 Å². The van der Waals surface area contributed by atoms with Crippen LogP contribution in [0.4, 0.5) is 5.69 Å². The molecule has 1 aromatic carbocycles. The number of carbonyl (C=O) groups excluding carboxylic acids is 1. The van der Waals surface area contributed by atoms with Gasteiger partial charge < -0.3 is 15.2 Å². The standard InChI is InChI=1S/C23H28N6O2/c1-4-18-23(31)27-21-15(2)16(5-7-19(21)26-18)14-28-9-11-29(12-10-28)17-6-8-20(25-13-17)22(30)24-3/h5-8,13H,4,9-12,14H2,1-3H3,(H,24,30)(H,27,31)/i3D3. The lowest BCUT2D eigenvalue weighted by Crippen LogP contribution is -2.46. The van der Waals surface area contributed by atoms with Crippen molar-refractivity contribution in [3.8, 4) is 0 Å². The van der Waals surface area contributed by atoms with Crippen molar-refractivity contribution in [1.29, 1.82) is 0 Å². The number of amides is 1. The van der Waals surface area contributed by atoms with E-state index in [0.29, 0.717) is 12.1 Å². The number of nitrogens with one attached hydrogen (secondary N) is 2. The van der Waals surface area contributed by atoms with Gasteiger partial charge >= 0.3 is 0 Å². The van der Waals surface area contributed by atoms with Gasteiger partial charge in [0.25, 0.3) is 11.5 Å². The fourth-order valence-corrected chi connectivity index (χ4v) is 3.96. The van der Waals surface area contributed by atoms with Gasteiger partial charge in [0.1, 0.15) is 11.4 Å². The zero-order chi connectivity index (χ0) is 24.5. The van der Waals surface area contributed by atoms with Crippen LogP contribution in [0.2, 0.25) is 0 Å². The van der Waals surface area contributed by atoms with Crippen molar-refractivity contribution in [2.24, 2.45) is 0 Å². The topological polar surface area (TPSA) is 94.2 Å². The molecule has 0 aliphatic carbocycles. The molecule has 1 saturated heterocycles. The highest BCUT2D eigenvalue weighted by Gasteiger charge is 2.19. The molecule has 1 fully saturated rings. The highest BCUT2D eigenvalue weighted by atomic mass is 16.1. The summed E-state index contributed by atoms with van der Waals surface area (Å²) < 4.78 is 21.4. The first-order valence-corrected chi connectivity index (χ1v) is 10.4. The van der Waals surface area contributed by atoms with Crippen LogP contribution in [0, 0.1) is 6.92 Å². The number of fused-ring (bicyclic) bond motifs is 1. The second-order valence-corrected chi connectivity index (χ2v) is 7.73. The third-order valence-electron chi connectivity index (χ3n) is 5.87. The quantitative estimate of drug-likeness (QED) is 0.651. The number of hydrogen-bond donors (Lipinski definition) is 2.